The van der Waals surface area contributed by atoms with Crippen LogP contribution < -0.4 is 10.5 Å². The summed E-state index contributed by atoms with van der Waals surface area (Å²) in [5.74, 6) is 0.128. The monoisotopic (exact) mass is 271 g/mol. The number of hydrogen-bond donors (Lipinski definition) is 2. The SMILES string of the molecule is CC(C)OCC(O)COc1ccc(F)cc1[C@@H](C)N. The van der Waals surface area contributed by atoms with Gasteiger partial charge in [-0.2, -0.15) is 0 Å². The first-order valence-electron chi connectivity index (χ1n) is 6.37. The standard InChI is InChI=1S/C14H22FNO3/c1-9(2)18-7-12(17)8-19-14-5-4-11(15)6-13(14)10(3)16/h4-6,9-10,12,17H,7-8,16H2,1-3H3/t10-,12?/m1/s1. The van der Waals surface area contributed by atoms with Crippen LogP contribution in [0.25, 0.3) is 0 Å². The van der Waals surface area contributed by atoms with E-state index in [1.165, 1.54) is 18.2 Å². The summed E-state index contributed by atoms with van der Waals surface area (Å²) in [6.45, 7) is 5.81. The summed E-state index contributed by atoms with van der Waals surface area (Å²) in [6, 6.07) is 3.83. The van der Waals surface area contributed by atoms with E-state index >= 15 is 0 Å². The highest BCUT2D eigenvalue weighted by atomic mass is 19.1. The van der Waals surface area contributed by atoms with Crippen LogP contribution in [0.5, 0.6) is 5.75 Å². The molecule has 3 N–H and O–H groups in total. The zero-order valence-electron chi connectivity index (χ0n) is 11.6. The van der Waals surface area contributed by atoms with Gasteiger partial charge in [0.25, 0.3) is 0 Å². The van der Waals surface area contributed by atoms with Gasteiger partial charge in [0, 0.05) is 11.6 Å². The van der Waals surface area contributed by atoms with Gasteiger partial charge in [0.1, 0.15) is 24.3 Å². The lowest BCUT2D eigenvalue weighted by Gasteiger charge is -2.17. The third-order valence-corrected chi connectivity index (χ3v) is 2.52. The number of rotatable bonds is 7. The van der Waals surface area contributed by atoms with Crippen LogP contribution in [-0.4, -0.2) is 30.5 Å². The molecule has 4 nitrogen and oxygen atoms in total. The van der Waals surface area contributed by atoms with E-state index in [9.17, 15) is 9.50 Å². The summed E-state index contributed by atoms with van der Waals surface area (Å²) >= 11 is 0. The van der Waals surface area contributed by atoms with E-state index in [-0.39, 0.29) is 31.2 Å². The molecule has 1 unspecified atom stereocenters. The van der Waals surface area contributed by atoms with Crippen molar-refractivity contribution >= 4 is 0 Å². The average Bonchev–Trinajstić information content (AvgIpc) is 2.34. The van der Waals surface area contributed by atoms with Gasteiger partial charge in [-0.3, -0.25) is 0 Å². The summed E-state index contributed by atoms with van der Waals surface area (Å²) in [5, 5.41) is 9.69. The summed E-state index contributed by atoms with van der Waals surface area (Å²) in [5.41, 5.74) is 6.33. The van der Waals surface area contributed by atoms with Gasteiger partial charge in [-0.15, -0.1) is 0 Å². The first kappa shape index (κ1) is 15.9. The van der Waals surface area contributed by atoms with Gasteiger partial charge in [-0.05, 0) is 39.0 Å². The Morgan fingerprint density at radius 3 is 2.53 bits per heavy atom. The van der Waals surface area contributed by atoms with Crippen molar-refractivity contribution in [2.45, 2.75) is 39.0 Å². The lowest BCUT2D eigenvalue weighted by Crippen LogP contribution is -2.25. The predicted molar refractivity (Wildman–Crippen MR) is 71.6 cm³/mol. The van der Waals surface area contributed by atoms with E-state index < -0.39 is 6.10 Å². The van der Waals surface area contributed by atoms with Crippen LogP contribution in [0, 0.1) is 5.82 Å². The molecule has 0 heterocycles. The highest BCUT2D eigenvalue weighted by molar-refractivity contribution is 5.36. The van der Waals surface area contributed by atoms with Crippen LogP contribution in [0.2, 0.25) is 0 Å². The zero-order chi connectivity index (χ0) is 14.4. The number of aliphatic hydroxyl groups excluding tert-OH is 1. The first-order chi connectivity index (χ1) is 8.90. The lowest BCUT2D eigenvalue weighted by molar-refractivity contribution is -0.0124. The van der Waals surface area contributed by atoms with Crippen molar-refractivity contribution in [2.24, 2.45) is 5.73 Å². The molecule has 19 heavy (non-hydrogen) atoms. The first-order valence-corrected chi connectivity index (χ1v) is 6.37. The molecule has 0 radical (unpaired) electrons. The van der Waals surface area contributed by atoms with E-state index in [1.807, 2.05) is 13.8 Å². The molecule has 0 aliphatic carbocycles. The average molecular weight is 271 g/mol. The number of ether oxygens (including phenoxy) is 2. The van der Waals surface area contributed by atoms with Gasteiger partial charge < -0.3 is 20.3 Å². The van der Waals surface area contributed by atoms with Crippen LogP contribution >= 0.6 is 0 Å². The topological polar surface area (TPSA) is 64.7 Å². The van der Waals surface area contributed by atoms with Crippen LogP contribution in [-0.2, 0) is 4.74 Å². The lowest BCUT2D eigenvalue weighted by atomic mass is 10.1. The minimum atomic E-state index is -0.728. The van der Waals surface area contributed by atoms with Crippen molar-refractivity contribution in [3.63, 3.8) is 0 Å². The molecule has 5 heteroatoms. The van der Waals surface area contributed by atoms with Gasteiger partial charge in [0.2, 0.25) is 0 Å². The molecule has 0 bridgehead atoms. The van der Waals surface area contributed by atoms with Gasteiger partial charge in [0.15, 0.2) is 0 Å². The number of benzene rings is 1. The Morgan fingerprint density at radius 1 is 1.26 bits per heavy atom. The largest absolute Gasteiger partial charge is 0.490 e. The molecule has 1 aromatic carbocycles. The molecule has 0 fully saturated rings. The van der Waals surface area contributed by atoms with Crippen molar-refractivity contribution in [2.75, 3.05) is 13.2 Å². The minimum absolute atomic E-state index is 0.0556. The number of nitrogens with two attached hydrogens (primary N) is 1. The van der Waals surface area contributed by atoms with Crippen molar-refractivity contribution in [3.8, 4) is 5.75 Å². The maximum Gasteiger partial charge on any atom is 0.124 e. The van der Waals surface area contributed by atoms with Crippen molar-refractivity contribution < 1.29 is 19.0 Å². The number of halogens is 1. The molecule has 1 rings (SSSR count). The fourth-order valence-electron chi connectivity index (χ4n) is 1.54. The molecule has 0 amide bonds. The molecular formula is C14H22FNO3. The second kappa shape index (κ2) is 7.43. The number of hydrogen-bond acceptors (Lipinski definition) is 4. The quantitative estimate of drug-likeness (QED) is 0.796. The summed E-state index contributed by atoms with van der Waals surface area (Å²) in [4.78, 5) is 0. The Bertz CT molecular complexity index is 396. The molecule has 0 saturated carbocycles. The Hall–Kier alpha value is -1.17. The Labute approximate surface area is 113 Å². The van der Waals surface area contributed by atoms with Crippen LogP contribution in [0.3, 0.4) is 0 Å². The smallest absolute Gasteiger partial charge is 0.124 e. The molecular weight excluding hydrogens is 249 g/mol. The normalized spacial score (nSPS) is 14.5. The second-order valence-electron chi connectivity index (χ2n) is 4.82. The van der Waals surface area contributed by atoms with Gasteiger partial charge in [0.05, 0.1) is 12.7 Å². The second-order valence-corrected chi connectivity index (χ2v) is 4.82. The third-order valence-electron chi connectivity index (χ3n) is 2.52. The van der Waals surface area contributed by atoms with E-state index in [0.717, 1.165) is 0 Å². The molecule has 0 saturated heterocycles. The Kier molecular flexibility index (Phi) is 6.21. The maximum absolute atomic E-state index is 13.1. The summed E-state index contributed by atoms with van der Waals surface area (Å²) in [6.07, 6.45) is -0.673. The fraction of sp³-hybridized carbons (Fsp3) is 0.571. The fourth-order valence-corrected chi connectivity index (χ4v) is 1.54. The van der Waals surface area contributed by atoms with E-state index in [4.69, 9.17) is 15.2 Å². The molecule has 0 aliphatic heterocycles. The van der Waals surface area contributed by atoms with E-state index in [1.54, 1.807) is 6.92 Å². The van der Waals surface area contributed by atoms with Crippen LogP contribution in [0.4, 0.5) is 4.39 Å². The van der Waals surface area contributed by atoms with E-state index in [0.29, 0.717) is 11.3 Å². The minimum Gasteiger partial charge on any atom is -0.490 e. The van der Waals surface area contributed by atoms with E-state index in [2.05, 4.69) is 0 Å². The highest BCUT2D eigenvalue weighted by Crippen LogP contribution is 2.24. The van der Waals surface area contributed by atoms with Crippen LogP contribution in [0.15, 0.2) is 18.2 Å². The van der Waals surface area contributed by atoms with Gasteiger partial charge in [-0.1, -0.05) is 0 Å². The molecule has 2 atom stereocenters. The predicted octanol–water partition coefficient (Wildman–Crippen LogP) is 2.01. The van der Waals surface area contributed by atoms with Crippen LogP contribution in [0.1, 0.15) is 32.4 Å². The van der Waals surface area contributed by atoms with Crippen molar-refractivity contribution in [3.05, 3.63) is 29.6 Å². The van der Waals surface area contributed by atoms with Gasteiger partial charge in [-0.25, -0.2) is 4.39 Å². The molecule has 1 aromatic rings. The van der Waals surface area contributed by atoms with Crippen molar-refractivity contribution in [1.29, 1.82) is 0 Å². The Morgan fingerprint density at radius 2 is 1.95 bits per heavy atom. The van der Waals surface area contributed by atoms with Gasteiger partial charge >= 0.3 is 0 Å². The summed E-state index contributed by atoms with van der Waals surface area (Å²) < 4.78 is 23.9. The number of aliphatic hydroxyl groups is 1. The Balaban J connectivity index is 2.57. The zero-order valence-corrected chi connectivity index (χ0v) is 11.6. The molecule has 0 aliphatic rings. The highest BCUT2D eigenvalue weighted by Gasteiger charge is 2.12. The molecule has 0 aromatic heterocycles. The third kappa shape index (κ3) is 5.55. The van der Waals surface area contributed by atoms with Crippen molar-refractivity contribution in [1.82, 2.24) is 0 Å². The molecule has 0 spiro atoms. The summed E-state index contributed by atoms with van der Waals surface area (Å²) in [7, 11) is 0. The molecule has 108 valence electrons. The maximum atomic E-state index is 13.1.